The van der Waals surface area contributed by atoms with Crippen LogP contribution in [-0.2, 0) is 20.7 Å². The summed E-state index contributed by atoms with van der Waals surface area (Å²) in [5.41, 5.74) is 2.12. The van der Waals surface area contributed by atoms with Gasteiger partial charge in [-0.2, -0.15) is 4.73 Å². The van der Waals surface area contributed by atoms with Gasteiger partial charge in [0.1, 0.15) is 11.6 Å². The lowest BCUT2D eigenvalue weighted by Crippen LogP contribution is -2.34. The second-order valence-corrected chi connectivity index (χ2v) is 10.5. The monoisotopic (exact) mass is 594 g/mol. The van der Waals surface area contributed by atoms with E-state index in [0.29, 0.717) is 52.1 Å². The zero-order valence-corrected chi connectivity index (χ0v) is 23.3. The van der Waals surface area contributed by atoms with Crippen molar-refractivity contribution in [3.05, 3.63) is 111 Å². The average molecular weight is 595 g/mol. The fourth-order valence-electron chi connectivity index (χ4n) is 5.28. The molecule has 6 nitrogen and oxygen atoms in total. The van der Waals surface area contributed by atoms with E-state index in [2.05, 4.69) is 5.32 Å². The number of hydrogen-bond donors (Lipinski definition) is 1. The van der Waals surface area contributed by atoms with Crippen molar-refractivity contribution >= 4 is 29.2 Å². The van der Waals surface area contributed by atoms with Gasteiger partial charge in [-0.25, -0.2) is 13.2 Å². The second kappa shape index (κ2) is 12.2. The number of pyridine rings is 1. The number of nitrogens with zero attached hydrogens (tertiary/aromatic N) is 1. The Bertz CT molecular complexity index is 1700. The number of ether oxygens (including phenoxy) is 1. The predicted molar refractivity (Wildman–Crippen MR) is 152 cm³/mol. The number of aromatic nitrogens is 1. The summed E-state index contributed by atoms with van der Waals surface area (Å²) in [5, 5.41) is 15.9. The summed E-state index contributed by atoms with van der Waals surface area (Å²) in [4.78, 5) is 24.6. The maximum atomic E-state index is 15.3. The van der Waals surface area contributed by atoms with E-state index in [1.54, 1.807) is 30.3 Å². The summed E-state index contributed by atoms with van der Waals surface area (Å²) < 4.78 is 49.8. The maximum absolute atomic E-state index is 15.3. The molecule has 1 N–H and O–H groups in total. The summed E-state index contributed by atoms with van der Waals surface area (Å²) in [5.74, 6) is -3.59. The van der Waals surface area contributed by atoms with Gasteiger partial charge in [0.05, 0.1) is 35.6 Å². The van der Waals surface area contributed by atoms with E-state index in [9.17, 15) is 23.6 Å². The molecule has 5 rings (SSSR count). The fraction of sp³-hybridized carbons (Fsp3) is 0.219. The average Bonchev–Trinajstić information content (AvgIpc) is 2.96. The van der Waals surface area contributed by atoms with Crippen LogP contribution < -0.4 is 10.0 Å². The molecule has 0 fully saturated rings. The third-order valence-electron chi connectivity index (χ3n) is 7.40. The molecular weight excluding hydrogens is 569 g/mol. The summed E-state index contributed by atoms with van der Waals surface area (Å²) in [6.45, 7) is 0. The Morgan fingerprint density at radius 1 is 1.02 bits per heavy atom. The van der Waals surface area contributed by atoms with E-state index in [-0.39, 0.29) is 34.9 Å². The van der Waals surface area contributed by atoms with E-state index in [0.717, 1.165) is 18.3 Å². The van der Waals surface area contributed by atoms with Crippen molar-refractivity contribution in [1.29, 1.82) is 0 Å². The molecule has 0 radical (unpaired) electrons. The highest BCUT2D eigenvalue weighted by molar-refractivity contribution is 6.31. The zero-order chi connectivity index (χ0) is 30.0. The molecule has 3 aromatic carbocycles. The van der Waals surface area contributed by atoms with Gasteiger partial charge in [0.2, 0.25) is 5.91 Å². The third-order valence-corrected chi connectivity index (χ3v) is 7.69. The van der Waals surface area contributed by atoms with Crippen molar-refractivity contribution in [2.45, 2.75) is 38.0 Å². The third kappa shape index (κ3) is 5.97. The molecule has 1 unspecified atom stereocenters. The highest BCUT2D eigenvalue weighted by Crippen LogP contribution is 2.37. The van der Waals surface area contributed by atoms with Crippen molar-refractivity contribution in [2.24, 2.45) is 0 Å². The molecule has 1 amide bonds. The van der Waals surface area contributed by atoms with Crippen LogP contribution in [0.25, 0.3) is 22.3 Å². The van der Waals surface area contributed by atoms with Gasteiger partial charge >= 0.3 is 5.97 Å². The van der Waals surface area contributed by atoms with Crippen molar-refractivity contribution in [3.63, 3.8) is 0 Å². The van der Waals surface area contributed by atoms with Crippen LogP contribution in [0.5, 0.6) is 0 Å². The lowest BCUT2D eigenvalue weighted by atomic mass is 9.86. The topological polar surface area (TPSA) is 82.3 Å². The summed E-state index contributed by atoms with van der Waals surface area (Å²) >= 11 is 5.84. The zero-order valence-electron chi connectivity index (χ0n) is 22.6. The quantitative estimate of drug-likeness (QED) is 0.118. The van der Waals surface area contributed by atoms with Gasteiger partial charge in [0, 0.05) is 29.3 Å². The molecule has 10 heteroatoms. The Balaban J connectivity index is 1.60. The first-order valence-electron chi connectivity index (χ1n) is 13.3. The molecule has 1 atom stereocenters. The number of carbonyl (C=O) groups is 2. The highest BCUT2D eigenvalue weighted by atomic mass is 35.5. The molecule has 0 saturated heterocycles. The number of amides is 1. The number of hydrogen-bond acceptors (Lipinski definition) is 4. The van der Waals surface area contributed by atoms with E-state index in [1.807, 2.05) is 0 Å². The van der Waals surface area contributed by atoms with Gasteiger partial charge in [0.15, 0.2) is 17.7 Å². The number of anilines is 1. The number of halogens is 4. The Kier molecular flexibility index (Phi) is 8.49. The molecule has 0 spiro atoms. The minimum Gasteiger partial charge on any atom is -0.618 e. The van der Waals surface area contributed by atoms with Crippen LogP contribution in [0.1, 0.15) is 48.4 Å². The van der Waals surface area contributed by atoms with Crippen molar-refractivity contribution in [3.8, 4) is 22.3 Å². The summed E-state index contributed by atoms with van der Waals surface area (Å²) in [7, 11) is 1.28. The van der Waals surface area contributed by atoms with Crippen LogP contribution in [-0.4, -0.2) is 19.0 Å². The van der Waals surface area contributed by atoms with Crippen LogP contribution in [0, 0.1) is 22.7 Å². The van der Waals surface area contributed by atoms with Crippen molar-refractivity contribution < 1.29 is 32.2 Å². The number of rotatable bonds is 4. The minimum atomic E-state index is -0.967. The van der Waals surface area contributed by atoms with Crippen LogP contribution in [0.15, 0.2) is 66.9 Å². The van der Waals surface area contributed by atoms with E-state index in [4.69, 9.17) is 16.3 Å². The lowest BCUT2D eigenvalue weighted by molar-refractivity contribution is -0.614. The largest absolute Gasteiger partial charge is 0.618 e. The van der Waals surface area contributed by atoms with Crippen LogP contribution >= 0.6 is 11.6 Å². The van der Waals surface area contributed by atoms with E-state index >= 15 is 4.39 Å². The smallest absolute Gasteiger partial charge is 0.309 e. The molecule has 2 bridgehead atoms. The molecule has 1 aliphatic rings. The van der Waals surface area contributed by atoms with Crippen molar-refractivity contribution in [1.82, 2.24) is 0 Å². The second-order valence-electron chi connectivity index (χ2n) is 10.1. The van der Waals surface area contributed by atoms with Gasteiger partial charge in [-0.1, -0.05) is 36.2 Å². The predicted octanol–water partition coefficient (Wildman–Crippen LogP) is 7.08. The normalized spacial score (nSPS) is 15.2. The van der Waals surface area contributed by atoms with Gasteiger partial charge < -0.3 is 15.3 Å². The van der Waals surface area contributed by atoms with Gasteiger partial charge in [0.25, 0.3) is 0 Å². The molecule has 4 aromatic rings. The number of esters is 1. The first-order valence-corrected chi connectivity index (χ1v) is 13.7. The highest BCUT2D eigenvalue weighted by Gasteiger charge is 2.26. The summed E-state index contributed by atoms with van der Waals surface area (Å²) in [6, 6.07) is 14.5. The van der Waals surface area contributed by atoms with Gasteiger partial charge in [-0.05, 0) is 60.4 Å². The first kappa shape index (κ1) is 29.1. The number of nitrogens with one attached hydrogen (secondary N) is 1. The molecule has 0 saturated carbocycles. The van der Waals surface area contributed by atoms with Crippen LogP contribution in [0.4, 0.5) is 18.9 Å². The first-order chi connectivity index (χ1) is 20.2. The Hall–Kier alpha value is -4.37. The molecule has 42 heavy (non-hydrogen) atoms. The van der Waals surface area contributed by atoms with Gasteiger partial charge in [-0.3, -0.25) is 9.59 Å². The summed E-state index contributed by atoms with van der Waals surface area (Å²) in [6.07, 6.45) is 2.81. The molecule has 1 aromatic heterocycles. The standard InChI is InChI=1S/C32H26ClF3N2O4/c1-42-30(40)15-18-6-9-22-23-16-19(7-11-25(23)34)21(4-2-3-5-29(39)37-27(22)14-18)28-13-8-20(17-38(28)41)31-26(35)12-10-24(33)32(31)36/h6-14,16-17,21H,2-5,15H2,1H3,(H,37,39). The molecule has 0 aliphatic carbocycles. The lowest BCUT2D eigenvalue weighted by Gasteiger charge is -2.21. The van der Waals surface area contributed by atoms with Crippen LogP contribution in [0.2, 0.25) is 5.02 Å². The SMILES string of the molecule is COC(=O)Cc1ccc2c(c1)NC(=O)CCCCC(c1ccc(-c3c(F)ccc(Cl)c3F)c[n+]1[O-])c1ccc(F)c-2c1. The fourth-order valence-corrected chi connectivity index (χ4v) is 5.44. The molecular formula is C32H26ClF3N2O4. The van der Waals surface area contributed by atoms with Crippen molar-refractivity contribution in [2.75, 3.05) is 12.4 Å². The Labute approximate surface area is 245 Å². The molecule has 216 valence electrons. The Morgan fingerprint density at radius 2 is 1.81 bits per heavy atom. The molecule has 1 aliphatic heterocycles. The molecule has 2 heterocycles. The van der Waals surface area contributed by atoms with Gasteiger partial charge in [-0.15, -0.1) is 0 Å². The minimum absolute atomic E-state index is 0.0209. The van der Waals surface area contributed by atoms with Crippen LogP contribution in [0.3, 0.4) is 0 Å². The number of fused-ring (bicyclic) bond motifs is 4. The number of methoxy groups -OCH3 is 1. The number of carbonyl (C=O) groups excluding carboxylic acids is 2. The van der Waals surface area contributed by atoms with E-state index in [1.165, 1.54) is 25.3 Å². The Morgan fingerprint density at radius 3 is 2.57 bits per heavy atom. The van der Waals surface area contributed by atoms with E-state index < -0.39 is 34.9 Å². The number of benzene rings is 3. The maximum Gasteiger partial charge on any atom is 0.309 e.